The Morgan fingerprint density at radius 1 is 1.17 bits per heavy atom. The summed E-state index contributed by atoms with van der Waals surface area (Å²) in [5.74, 6) is 0.0970. The van der Waals surface area contributed by atoms with E-state index in [1.807, 2.05) is 19.1 Å². The summed E-state index contributed by atoms with van der Waals surface area (Å²) in [4.78, 5) is 26.8. The number of carbonyl (C=O) groups is 2. The maximum absolute atomic E-state index is 12.8. The van der Waals surface area contributed by atoms with Gasteiger partial charge in [-0.2, -0.15) is 0 Å². The van der Waals surface area contributed by atoms with Crippen molar-refractivity contribution in [2.24, 2.45) is 11.3 Å². The molecule has 1 heterocycles. The summed E-state index contributed by atoms with van der Waals surface area (Å²) in [6.07, 6.45) is 2.78. The first-order valence-corrected chi connectivity index (χ1v) is 10.9. The van der Waals surface area contributed by atoms with Gasteiger partial charge in [0.2, 0.25) is 0 Å². The van der Waals surface area contributed by atoms with Crippen LogP contribution < -0.4 is 10.6 Å². The molecule has 0 aliphatic heterocycles. The highest BCUT2D eigenvalue weighted by Gasteiger charge is 2.34. The molecular formula is C23H30N2O3S. The highest BCUT2D eigenvalue weighted by atomic mass is 32.1. The van der Waals surface area contributed by atoms with Crippen LogP contribution >= 0.6 is 11.3 Å². The molecule has 0 spiro atoms. The lowest BCUT2D eigenvalue weighted by molar-refractivity contribution is 0.0944. The van der Waals surface area contributed by atoms with E-state index in [-0.39, 0.29) is 30.4 Å². The number of nitrogens with one attached hydrogen (secondary N) is 2. The zero-order chi connectivity index (χ0) is 21.2. The van der Waals surface area contributed by atoms with Gasteiger partial charge in [0.15, 0.2) is 0 Å². The van der Waals surface area contributed by atoms with Gasteiger partial charge in [-0.15, -0.1) is 11.3 Å². The van der Waals surface area contributed by atoms with Crippen LogP contribution in [-0.4, -0.2) is 30.1 Å². The van der Waals surface area contributed by atoms with Crippen molar-refractivity contribution >= 4 is 28.2 Å². The highest BCUT2D eigenvalue weighted by molar-refractivity contribution is 7.17. The molecule has 29 heavy (non-hydrogen) atoms. The summed E-state index contributed by atoms with van der Waals surface area (Å²) in [6, 6.07) is 7.38. The molecule has 5 nitrogen and oxygen atoms in total. The van der Waals surface area contributed by atoms with Crippen LogP contribution in [0.3, 0.4) is 0 Å². The predicted molar refractivity (Wildman–Crippen MR) is 118 cm³/mol. The number of hydrogen-bond donors (Lipinski definition) is 3. The number of benzene rings is 1. The molecule has 0 bridgehead atoms. The Morgan fingerprint density at radius 3 is 2.48 bits per heavy atom. The average molecular weight is 415 g/mol. The topological polar surface area (TPSA) is 78.4 Å². The Bertz CT molecular complexity index is 894. The van der Waals surface area contributed by atoms with Gasteiger partial charge in [-0.1, -0.05) is 38.5 Å². The zero-order valence-electron chi connectivity index (χ0n) is 17.6. The summed E-state index contributed by atoms with van der Waals surface area (Å²) < 4.78 is 0. The van der Waals surface area contributed by atoms with Crippen LogP contribution in [0.5, 0.6) is 0 Å². The summed E-state index contributed by atoms with van der Waals surface area (Å²) >= 11 is 1.51. The van der Waals surface area contributed by atoms with Crippen LogP contribution in [0.25, 0.3) is 0 Å². The van der Waals surface area contributed by atoms with Crippen molar-refractivity contribution in [1.29, 1.82) is 0 Å². The number of fused-ring (bicyclic) bond motifs is 1. The number of aliphatic hydroxyl groups excluding tert-OH is 1. The molecule has 1 aliphatic rings. The quantitative estimate of drug-likeness (QED) is 0.687. The van der Waals surface area contributed by atoms with Crippen LogP contribution in [0.15, 0.2) is 24.3 Å². The van der Waals surface area contributed by atoms with Gasteiger partial charge >= 0.3 is 0 Å². The van der Waals surface area contributed by atoms with Crippen molar-refractivity contribution in [2.75, 3.05) is 18.5 Å². The molecule has 3 N–H and O–H groups in total. The molecule has 1 unspecified atom stereocenters. The third-order valence-electron chi connectivity index (χ3n) is 5.66. The molecule has 0 saturated heterocycles. The number of thiophene rings is 1. The first-order chi connectivity index (χ1) is 13.7. The second-order valence-electron chi connectivity index (χ2n) is 8.81. The van der Waals surface area contributed by atoms with Crippen LogP contribution in [0.1, 0.15) is 63.9 Å². The van der Waals surface area contributed by atoms with E-state index in [9.17, 15) is 9.59 Å². The van der Waals surface area contributed by atoms with E-state index in [4.69, 9.17) is 5.11 Å². The van der Waals surface area contributed by atoms with Crippen LogP contribution in [0.2, 0.25) is 0 Å². The summed E-state index contributed by atoms with van der Waals surface area (Å²) in [6.45, 7) is 8.82. The van der Waals surface area contributed by atoms with E-state index in [0.29, 0.717) is 22.0 Å². The first-order valence-electron chi connectivity index (χ1n) is 10.1. The summed E-state index contributed by atoms with van der Waals surface area (Å²) in [7, 11) is 0. The minimum absolute atomic E-state index is 0.116. The smallest absolute Gasteiger partial charge is 0.256 e. The number of anilines is 1. The van der Waals surface area contributed by atoms with E-state index < -0.39 is 0 Å². The number of carbonyl (C=O) groups excluding carboxylic acids is 2. The minimum atomic E-state index is -0.232. The molecular weight excluding hydrogens is 384 g/mol. The van der Waals surface area contributed by atoms with Crippen LogP contribution in [-0.2, 0) is 12.8 Å². The Labute approximate surface area is 176 Å². The van der Waals surface area contributed by atoms with E-state index in [0.717, 1.165) is 30.4 Å². The lowest BCUT2D eigenvalue weighted by Gasteiger charge is -2.33. The van der Waals surface area contributed by atoms with Crippen molar-refractivity contribution in [1.82, 2.24) is 5.32 Å². The minimum Gasteiger partial charge on any atom is -0.395 e. The van der Waals surface area contributed by atoms with Crippen LogP contribution in [0.4, 0.5) is 5.00 Å². The summed E-state index contributed by atoms with van der Waals surface area (Å²) in [5.41, 5.74) is 3.46. The molecule has 0 radical (unpaired) electrons. The van der Waals surface area contributed by atoms with Crippen molar-refractivity contribution in [2.45, 2.75) is 47.0 Å². The maximum Gasteiger partial charge on any atom is 0.256 e. The van der Waals surface area contributed by atoms with Gasteiger partial charge in [0.05, 0.1) is 12.2 Å². The second kappa shape index (κ2) is 8.67. The summed E-state index contributed by atoms with van der Waals surface area (Å²) in [5, 5.41) is 15.4. The first kappa shape index (κ1) is 21.5. The molecule has 3 rings (SSSR count). The van der Waals surface area contributed by atoms with Crippen molar-refractivity contribution < 1.29 is 14.7 Å². The number of hydrogen-bond acceptors (Lipinski definition) is 4. The highest BCUT2D eigenvalue weighted by Crippen LogP contribution is 2.44. The van der Waals surface area contributed by atoms with Gasteiger partial charge in [0.25, 0.3) is 11.8 Å². The van der Waals surface area contributed by atoms with Crippen molar-refractivity contribution in [3.05, 3.63) is 51.4 Å². The lowest BCUT2D eigenvalue weighted by Crippen LogP contribution is -2.30. The Kier molecular flexibility index (Phi) is 6.44. The van der Waals surface area contributed by atoms with E-state index in [1.54, 1.807) is 12.1 Å². The number of aryl methyl sites for hydroxylation is 1. The molecule has 2 amide bonds. The third-order valence-corrected chi connectivity index (χ3v) is 6.83. The fourth-order valence-corrected chi connectivity index (χ4v) is 5.11. The lowest BCUT2D eigenvalue weighted by atomic mass is 9.72. The molecule has 1 aromatic heterocycles. The fourth-order valence-electron chi connectivity index (χ4n) is 3.79. The standard InChI is InChI=1S/C23H30N2O3S/c1-14-5-7-15(8-6-14)20(27)25-22-19(21(28)24-11-12-26)17-10-9-16(23(2,3)4)13-18(17)29-22/h5-8,16,26H,9-13H2,1-4H3,(H,24,28)(H,25,27). The Balaban J connectivity index is 1.92. The number of amides is 2. The Morgan fingerprint density at radius 2 is 1.86 bits per heavy atom. The van der Waals surface area contributed by atoms with E-state index in [2.05, 4.69) is 31.4 Å². The van der Waals surface area contributed by atoms with Gasteiger partial charge in [-0.3, -0.25) is 9.59 Å². The van der Waals surface area contributed by atoms with Gasteiger partial charge < -0.3 is 15.7 Å². The van der Waals surface area contributed by atoms with Gasteiger partial charge in [0, 0.05) is 17.0 Å². The zero-order valence-corrected chi connectivity index (χ0v) is 18.4. The molecule has 156 valence electrons. The molecule has 6 heteroatoms. The molecule has 1 atom stereocenters. The van der Waals surface area contributed by atoms with Gasteiger partial charge in [0.1, 0.15) is 5.00 Å². The SMILES string of the molecule is Cc1ccc(C(=O)Nc2sc3c(c2C(=O)NCCO)CCC(C(C)(C)C)C3)cc1. The average Bonchev–Trinajstić information content (AvgIpc) is 3.02. The third kappa shape index (κ3) is 4.87. The number of rotatable bonds is 5. The van der Waals surface area contributed by atoms with Crippen molar-refractivity contribution in [3.63, 3.8) is 0 Å². The number of aliphatic hydroxyl groups is 1. The monoisotopic (exact) mass is 414 g/mol. The normalized spacial score (nSPS) is 16.2. The van der Waals surface area contributed by atoms with Crippen molar-refractivity contribution in [3.8, 4) is 0 Å². The van der Waals surface area contributed by atoms with Gasteiger partial charge in [-0.25, -0.2) is 0 Å². The Hall–Kier alpha value is -2.18. The predicted octanol–water partition coefficient (Wildman–Crippen LogP) is 4.18. The van der Waals surface area contributed by atoms with E-state index >= 15 is 0 Å². The second-order valence-corrected chi connectivity index (χ2v) is 9.92. The van der Waals surface area contributed by atoms with E-state index in [1.165, 1.54) is 16.2 Å². The van der Waals surface area contributed by atoms with Crippen LogP contribution in [0, 0.1) is 18.3 Å². The van der Waals surface area contributed by atoms with Gasteiger partial charge in [-0.05, 0) is 55.2 Å². The molecule has 0 fully saturated rings. The molecule has 2 aromatic rings. The molecule has 1 aromatic carbocycles. The largest absolute Gasteiger partial charge is 0.395 e. The fraction of sp³-hybridized carbons (Fsp3) is 0.478. The maximum atomic E-state index is 12.8. The molecule has 1 aliphatic carbocycles. The molecule has 0 saturated carbocycles.